The third kappa shape index (κ3) is 3.19. The zero-order chi connectivity index (χ0) is 21.1. The van der Waals surface area contributed by atoms with Crippen LogP contribution in [-0.2, 0) is 16.1 Å². The normalized spacial score (nSPS) is 27.3. The lowest BCUT2D eigenvalue weighted by molar-refractivity contribution is -0.182. The van der Waals surface area contributed by atoms with Crippen molar-refractivity contribution in [1.82, 2.24) is 9.55 Å². The van der Waals surface area contributed by atoms with Crippen LogP contribution in [-0.4, -0.2) is 59.4 Å². The number of nitrogens with zero attached hydrogens (tertiary/aromatic N) is 4. The molecule has 1 aromatic rings. The van der Waals surface area contributed by atoms with Gasteiger partial charge in [0.2, 0.25) is 11.8 Å². The standard InChI is InChI=1S/C18H22F4N4O3/c1-10-8-29-6-5-24(10)14-13(19)15(28)25-9-17(2,18(20,21)22)26(16(25)23-14)7-12(27)11-3-4-11/h10-11H,3-9H2,1-2H3/t10-,17+/m1/s1. The fraction of sp³-hybridized carbons (Fsp3) is 0.722. The van der Waals surface area contributed by atoms with E-state index in [4.69, 9.17) is 4.74 Å². The Morgan fingerprint density at radius 3 is 2.62 bits per heavy atom. The van der Waals surface area contributed by atoms with Crippen LogP contribution in [0.5, 0.6) is 0 Å². The molecule has 0 amide bonds. The third-order valence-electron chi connectivity index (χ3n) is 5.98. The number of aromatic nitrogens is 2. The highest BCUT2D eigenvalue weighted by molar-refractivity contribution is 5.87. The Hall–Kier alpha value is -2.17. The molecule has 0 radical (unpaired) electrons. The molecule has 2 atom stereocenters. The molecule has 0 bridgehead atoms. The van der Waals surface area contributed by atoms with Crippen molar-refractivity contribution in [3.63, 3.8) is 0 Å². The lowest BCUT2D eigenvalue weighted by Gasteiger charge is -2.37. The first-order valence-electron chi connectivity index (χ1n) is 9.56. The average molecular weight is 418 g/mol. The molecule has 29 heavy (non-hydrogen) atoms. The van der Waals surface area contributed by atoms with Crippen LogP contribution in [0.15, 0.2) is 4.79 Å². The number of halogens is 4. The summed E-state index contributed by atoms with van der Waals surface area (Å²) in [6, 6.07) is -0.301. The zero-order valence-electron chi connectivity index (χ0n) is 16.1. The minimum absolute atomic E-state index is 0.255. The van der Waals surface area contributed by atoms with E-state index in [1.807, 2.05) is 0 Å². The number of alkyl halides is 3. The lowest BCUT2D eigenvalue weighted by atomic mass is 10.00. The summed E-state index contributed by atoms with van der Waals surface area (Å²) >= 11 is 0. The number of anilines is 2. The van der Waals surface area contributed by atoms with Crippen LogP contribution in [0.1, 0.15) is 26.7 Å². The maximum Gasteiger partial charge on any atom is 0.413 e. The van der Waals surface area contributed by atoms with Gasteiger partial charge in [-0.05, 0) is 26.7 Å². The van der Waals surface area contributed by atoms with Gasteiger partial charge in [-0.3, -0.25) is 14.2 Å². The summed E-state index contributed by atoms with van der Waals surface area (Å²) in [6.45, 7) is 2.15. The first kappa shape index (κ1) is 20.1. The Kier molecular flexibility index (Phi) is 4.63. The second-order valence-electron chi connectivity index (χ2n) is 8.16. The summed E-state index contributed by atoms with van der Waals surface area (Å²) in [4.78, 5) is 31.5. The fourth-order valence-corrected chi connectivity index (χ4v) is 3.88. The molecule has 11 heteroatoms. The van der Waals surface area contributed by atoms with Crippen molar-refractivity contribution in [2.24, 2.45) is 5.92 Å². The van der Waals surface area contributed by atoms with Crippen molar-refractivity contribution in [3.8, 4) is 0 Å². The predicted molar refractivity (Wildman–Crippen MR) is 95.6 cm³/mol. The molecule has 1 aliphatic carbocycles. The van der Waals surface area contributed by atoms with Gasteiger partial charge < -0.3 is 14.5 Å². The van der Waals surface area contributed by atoms with Crippen LogP contribution in [0.4, 0.5) is 29.3 Å². The van der Waals surface area contributed by atoms with Crippen LogP contribution < -0.4 is 15.4 Å². The SMILES string of the molecule is C[C@@H]1COCCN1c1nc2n(c(=O)c1F)C[C@@](C)(C(F)(F)F)N2CC(=O)C1CC1. The second-order valence-corrected chi connectivity index (χ2v) is 8.16. The number of ether oxygens (including phenoxy) is 1. The Bertz CT molecular complexity index is 898. The number of ketones is 1. The Morgan fingerprint density at radius 2 is 2.03 bits per heavy atom. The first-order chi connectivity index (χ1) is 13.5. The number of hydrogen-bond acceptors (Lipinski definition) is 6. The molecule has 1 saturated carbocycles. The molecule has 0 aromatic carbocycles. The molecule has 0 N–H and O–H groups in total. The zero-order valence-corrected chi connectivity index (χ0v) is 16.1. The average Bonchev–Trinajstić information content (AvgIpc) is 3.45. The van der Waals surface area contributed by atoms with Gasteiger partial charge in [0.1, 0.15) is 0 Å². The van der Waals surface area contributed by atoms with E-state index in [0.717, 1.165) is 11.8 Å². The van der Waals surface area contributed by atoms with Crippen LogP contribution in [0, 0.1) is 11.7 Å². The summed E-state index contributed by atoms with van der Waals surface area (Å²) in [6.07, 6.45) is -3.45. The maximum atomic E-state index is 14.8. The molecule has 160 valence electrons. The Balaban J connectivity index is 1.82. The van der Waals surface area contributed by atoms with Gasteiger partial charge in [0, 0.05) is 12.5 Å². The van der Waals surface area contributed by atoms with Crippen molar-refractivity contribution in [3.05, 3.63) is 16.2 Å². The number of carbonyl (C=O) groups is 1. The highest BCUT2D eigenvalue weighted by atomic mass is 19.4. The van der Waals surface area contributed by atoms with E-state index in [9.17, 15) is 27.2 Å². The molecule has 1 aromatic heterocycles. The number of rotatable bonds is 4. The van der Waals surface area contributed by atoms with E-state index < -0.39 is 36.2 Å². The van der Waals surface area contributed by atoms with Crippen molar-refractivity contribution in [2.75, 3.05) is 36.1 Å². The van der Waals surface area contributed by atoms with Gasteiger partial charge in [-0.25, -0.2) is 0 Å². The van der Waals surface area contributed by atoms with Gasteiger partial charge in [0.15, 0.2) is 17.1 Å². The van der Waals surface area contributed by atoms with Gasteiger partial charge >= 0.3 is 6.18 Å². The molecule has 2 fully saturated rings. The minimum atomic E-state index is -4.75. The van der Waals surface area contributed by atoms with Gasteiger partial charge in [0.25, 0.3) is 5.56 Å². The summed E-state index contributed by atoms with van der Waals surface area (Å²) in [5.41, 5.74) is -3.70. The highest BCUT2D eigenvalue weighted by Crippen LogP contribution is 2.44. The van der Waals surface area contributed by atoms with Gasteiger partial charge in [-0.1, -0.05) is 0 Å². The van der Waals surface area contributed by atoms with Crippen LogP contribution in [0.3, 0.4) is 0 Å². The smallest absolute Gasteiger partial charge is 0.377 e. The van der Waals surface area contributed by atoms with E-state index >= 15 is 0 Å². The Labute approximate surface area is 164 Å². The van der Waals surface area contributed by atoms with Crippen LogP contribution >= 0.6 is 0 Å². The topological polar surface area (TPSA) is 67.7 Å². The minimum Gasteiger partial charge on any atom is -0.377 e. The summed E-state index contributed by atoms with van der Waals surface area (Å²) in [7, 11) is 0. The molecular formula is C18H22F4N4O3. The van der Waals surface area contributed by atoms with Crippen LogP contribution in [0.25, 0.3) is 0 Å². The third-order valence-corrected chi connectivity index (χ3v) is 5.98. The van der Waals surface area contributed by atoms with Crippen molar-refractivity contribution < 1.29 is 27.1 Å². The van der Waals surface area contributed by atoms with E-state index in [-0.39, 0.29) is 49.3 Å². The first-order valence-corrected chi connectivity index (χ1v) is 9.56. The van der Waals surface area contributed by atoms with E-state index in [1.54, 1.807) is 6.92 Å². The van der Waals surface area contributed by atoms with Crippen molar-refractivity contribution in [2.45, 2.75) is 51.0 Å². The summed E-state index contributed by atoms with van der Waals surface area (Å²) in [5.74, 6) is -2.39. The number of Topliss-reactive ketones (excluding diaryl/α,β-unsaturated/α-hetero) is 1. The molecule has 1 saturated heterocycles. The van der Waals surface area contributed by atoms with E-state index in [2.05, 4.69) is 4.98 Å². The molecular weight excluding hydrogens is 396 g/mol. The highest BCUT2D eigenvalue weighted by Gasteiger charge is 2.60. The maximum absolute atomic E-state index is 14.8. The lowest BCUT2D eigenvalue weighted by Crippen LogP contribution is -2.57. The van der Waals surface area contributed by atoms with Gasteiger partial charge in [-0.2, -0.15) is 22.5 Å². The fourth-order valence-electron chi connectivity index (χ4n) is 3.88. The van der Waals surface area contributed by atoms with Gasteiger partial charge in [0.05, 0.1) is 32.3 Å². The van der Waals surface area contributed by atoms with E-state index in [1.165, 1.54) is 4.90 Å². The molecule has 7 nitrogen and oxygen atoms in total. The molecule has 2 aliphatic heterocycles. The molecule has 3 heterocycles. The van der Waals surface area contributed by atoms with E-state index in [0.29, 0.717) is 17.4 Å². The summed E-state index contributed by atoms with van der Waals surface area (Å²) < 4.78 is 62.7. The number of morpholine rings is 1. The molecule has 0 spiro atoms. The molecule has 3 aliphatic rings. The quantitative estimate of drug-likeness (QED) is 0.694. The largest absolute Gasteiger partial charge is 0.413 e. The van der Waals surface area contributed by atoms with Crippen molar-refractivity contribution in [1.29, 1.82) is 0 Å². The number of hydrogen-bond donors (Lipinski definition) is 0. The number of fused-ring (bicyclic) bond motifs is 1. The monoisotopic (exact) mass is 418 g/mol. The summed E-state index contributed by atoms with van der Waals surface area (Å²) in [5, 5.41) is 0. The van der Waals surface area contributed by atoms with Crippen LogP contribution in [0.2, 0.25) is 0 Å². The Morgan fingerprint density at radius 1 is 1.34 bits per heavy atom. The molecule has 4 rings (SSSR count). The second kappa shape index (κ2) is 6.68. The predicted octanol–water partition coefficient (Wildman–Crippen LogP) is 1.73. The van der Waals surface area contributed by atoms with Gasteiger partial charge in [-0.15, -0.1) is 0 Å². The number of carbonyl (C=O) groups excluding carboxylic acids is 1. The van der Waals surface area contributed by atoms with Crippen molar-refractivity contribution >= 4 is 17.5 Å². The molecule has 0 unspecified atom stereocenters.